The number of benzene rings is 2. The van der Waals surface area contributed by atoms with Crippen LogP contribution < -0.4 is 14.2 Å². The SMILES string of the molecule is COc1cccc(S(=O)(=O)Nc2ccc3c(c2)C(=O)N(C)C[C@@H](OC)[C@@H](C)CN(C(=O)Cc2cccnc2)[C@@H](C)CO3)c1. The Hall–Kier alpha value is -4.16. The summed E-state index contributed by atoms with van der Waals surface area (Å²) in [5.74, 6) is 0.129. The molecular formula is C31H38N4O7S. The van der Waals surface area contributed by atoms with E-state index in [4.69, 9.17) is 14.2 Å². The molecule has 0 fully saturated rings. The van der Waals surface area contributed by atoms with E-state index < -0.39 is 10.0 Å². The molecule has 43 heavy (non-hydrogen) atoms. The standard InChI is InChI=1S/C31H38N4O7S/c1-21-18-35(30(36)14-23-8-7-13-32-17-23)22(2)20-42-28-12-11-24(15-27(28)31(37)34(3)19-29(21)41-5)33-43(38,39)26-10-6-9-25(16-26)40-4/h6-13,15-17,21-22,29,33H,14,18-20H2,1-5H3/t21-,22-,29+/m0/s1. The van der Waals surface area contributed by atoms with Crippen molar-refractivity contribution in [1.82, 2.24) is 14.8 Å². The van der Waals surface area contributed by atoms with E-state index in [1.807, 2.05) is 19.9 Å². The fourth-order valence-electron chi connectivity index (χ4n) is 4.95. The van der Waals surface area contributed by atoms with Crippen LogP contribution in [0.3, 0.4) is 0 Å². The lowest BCUT2D eigenvalue weighted by molar-refractivity contribution is -0.134. The van der Waals surface area contributed by atoms with Gasteiger partial charge in [0.2, 0.25) is 5.91 Å². The lowest BCUT2D eigenvalue weighted by Gasteiger charge is -2.36. The zero-order chi connectivity index (χ0) is 31.1. The van der Waals surface area contributed by atoms with Crippen LogP contribution in [0.2, 0.25) is 0 Å². The topological polar surface area (TPSA) is 127 Å². The van der Waals surface area contributed by atoms with Crippen LogP contribution in [0.5, 0.6) is 11.5 Å². The number of carbonyl (C=O) groups is 2. The van der Waals surface area contributed by atoms with Crippen molar-refractivity contribution in [3.05, 3.63) is 78.1 Å². The molecule has 2 heterocycles. The number of methoxy groups -OCH3 is 2. The highest BCUT2D eigenvalue weighted by atomic mass is 32.2. The van der Waals surface area contributed by atoms with Gasteiger partial charge in [-0.25, -0.2) is 8.42 Å². The van der Waals surface area contributed by atoms with Gasteiger partial charge in [-0.3, -0.25) is 19.3 Å². The highest BCUT2D eigenvalue weighted by Crippen LogP contribution is 2.28. The normalized spacial score (nSPS) is 19.8. The summed E-state index contributed by atoms with van der Waals surface area (Å²) in [4.78, 5) is 34.6. The number of nitrogens with one attached hydrogen (secondary N) is 1. The Morgan fingerprint density at radius 3 is 2.58 bits per heavy atom. The molecule has 0 unspecified atom stereocenters. The molecule has 0 radical (unpaired) electrons. The molecule has 3 atom stereocenters. The number of sulfonamides is 1. The number of fused-ring (bicyclic) bond motifs is 1. The third kappa shape index (κ3) is 7.82. The van der Waals surface area contributed by atoms with Gasteiger partial charge in [0, 0.05) is 57.3 Å². The summed E-state index contributed by atoms with van der Waals surface area (Å²) in [6.07, 6.45) is 3.16. The number of likely N-dealkylation sites (N-methyl/N-ethyl adjacent to an activating group) is 1. The van der Waals surface area contributed by atoms with Crippen molar-refractivity contribution in [2.75, 3.05) is 45.7 Å². The summed E-state index contributed by atoms with van der Waals surface area (Å²) >= 11 is 0. The second-order valence-corrected chi connectivity index (χ2v) is 12.4. The second kappa shape index (κ2) is 13.9. The Balaban J connectivity index is 1.65. The van der Waals surface area contributed by atoms with Gasteiger partial charge in [-0.1, -0.05) is 19.1 Å². The minimum Gasteiger partial charge on any atom is -0.497 e. The van der Waals surface area contributed by atoms with E-state index in [9.17, 15) is 18.0 Å². The average Bonchev–Trinajstić information content (AvgIpc) is 3.00. The van der Waals surface area contributed by atoms with Gasteiger partial charge in [-0.15, -0.1) is 0 Å². The molecule has 0 saturated carbocycles. The molecule has 1 N–H and O–H groups in total. The smallest absolute Gasteiger partial charge is 0.262 e. The molecule has 2 aromatic carbocycles. The summed E-state index contributed by atoms with van der Waals surface area (Å²) in [7, 11) is 0.709. The zero-order valence-corrected chi connectivity index (χ0v) is 25.8. The molecule has 11 nitrogen and oxygen atoms in total. The molecular weight excluding hydrogens is 572 g/mol. The largest absolute Gasteiger partial charge is 0.497 e. The first-order valence-corrected chi connectivity index (χ1v) is 15.4. The Morgan fingerprint density at radius 1 is 1.09 bits per heavy atom. The molecule has 1 aromatic heterocycles. The van der Waals surface area contributed by atoms with Gasteiger partial charge < -0.3 is 24.0 Å². The van der Waals surface area contributed by atoms with Crippen LogP contribution in [0.15, 0.2) is 71.9 Å². The Kier molecular flexibility index (Phi) is 10.3. The highest BCUT2D eigenvalue weighted by molar-refractivity contribution is 7.92. The van der Waals surface area contributed by atoms with Gasteiger partial charge in [0.1, 0.15) is 18.1 Å². The van der Waals surface area contributed by atoms with Crippen LogP contribution in [-0.4, -0.2) is 88.1 Å². The molecule has 1 aliphatic heterocycles. The first-order valence-electron chi connectivity index (χ1n) is 13.9. The maximum atomic E-state index is 13.7. The first kappa shape index (κ1) is 31.8. The van der Waals surface area contributed by atoms with E-state index in [0.717, 1.165) is 5.56 Å². The van der Waals surface area contributed by atoms with E-state index in [0.29, 0.717) is 12.3 Å². The number of rotatable bonds is 7. The molecule has 2 amide bonds. The van der Waals surface area contributed by atoms with Crippen LogP contribution in [0, 0.1) is 5.92 Å². The fraction of sp³-hybridized carbons (Fsp3) is 0.387. The molecule has 12 heteroatoms. The molecule has 0 spiro atoms. The van der Waals surface area contributed by atoms with E-state index in [1.165, 1.54) is 36.3 Å². The zero-order valence-electron chi connectivity index (χ0n) is 25.0. The van der Waals surface area contributed by atoms with Gasteiger partial charge in [-0.05, 0) is 48.9 Å². The van der Waals surface area contributed by atoms with Crippen LogP contribution in [0.25, 0.3) is 0 Å². The van der Waals surface area contributed by atoms with Crippen LogP contribution in [0.4, 0.5) is 5.69 Å². The van der Waals surface area contributed by atoms with E-state index in [-0.39, 0.29) is 71.3 Å². The third-order valence-electron chi connectivity index (χ3n) is 7.45. The van der Waals surface area contributed by atoms with Gasteiger partial charge in [-0.2, -0.15) is 0 Å². The molecule has 0 bridgehead atoms. The average molecular weight is 611 g/mol. The number of anilines is 1. The lowest BCUT2D eigenvalue weighted by Crippen LogP contribution is -2.49. The summed E-state index contributed by atoms with van der Waals surface area (Å²) < 4.78 is 45.9. The van der Waals surface area contributed by atoms with Crippen LogP contribution in [-0.2, 0) is 26.0 Å². The first-order chi connectivity index (χ1) is 20.5. The van der Waals surface area contributed by atoms with Gasteiger partial charge in [0.05, 0.1) is 36.1 Å². The van der Waals surface area contributed by atoms with Crippen LogP contribution in [0.1, 0.15) is 29.8 Å². The van der Waals surface area contributed by atoms with E-state index >= 15 is 0 Å². The molecule has 4 rings (SSSR count). The maximum absolute atomic E-state index is 13.7. The third-order valence-corrected chi connectivity index (χ3v) is 8.83. The highest BCUT2D eigenvalue weighted by Gasteiger charge is 2.30. The lowest BCUT2D eigenvalue weighted by atomic mass is 10.0. The van der Waals surface area contributed by atoms with Crippen molar-refractivity contribution in [1.29, 1.82) is 0 Å². The number of carbonyl (C=O) groups excluding carboxylic acids is 2. The second-order valence-electron chi connectivity index (χ2n) is 10.7. The maximum Gasteiger partial charge on any atom is 0.262 e. The molecule has 1 aliphatic rings. The summed E-state index contributed by atoms with van der Waals surface area (Å²) in [6.45, 7) is 4.64. The minimum atomic E-state index is -3.98. The molecule has 3 aromatic rings. The fourth-order valence-corrected chi connectivity index (χ4v) is 6.03. The number of hydrogen-bond acceptors (Lipinski definition) is 8. The Bertz CT molecular complexity index is 1530. The minimum absolute atomic E-state index is 0.0149. The van der Waals surface area contributed by atoms with Gasteiger partial charge in [0.15, 0.2) is 0 Å². The Labute approximate surface area is 252 Å². The molecule has 230 valence electrons. The number of nitrogens with zero attached hydrogens (tertiary/aromatic N) is 3. The predicted octanol–water partition coefficient (Wildman–Crippen LogP) is 3.47. The number of pyridine rings is 1. The number of hydrogen-bond donors (Lipinski definition) is 1. The van der Waals surface area contributed by atoms with Gasteiger partial charge in [0.25, 0.3) is 15.9 Å². The molecule has 0 saturated heterocycles. The van der Waals surface area contributed by atoms with Crippen molar-refractivity contribution in [2.45, 2.75) is 37.3 Å². The quantitative estimate of drug-likeness (QED) is 0.431. The van der Waals surface area contributed by atoms with Crippen molar-refractivity contribution in [2.24, 2.45) is 5.92 Å². The summed E-state index contributed by atoms with van der Waals surface area (Å²) in [5.41, 5.74) is 1.18. The summed E-state index contributed by atoms with van der Waals surface area (Å²) in [5, 5.41) is 0. The van der Waals surface area contributed by atoms with Crippen molar-refractivity contribution >= 4 is 27.5 Å². The number of ether oxygens (including phenoxy) is 3. The van der Waals surface area contributed by atoms with Crippen LogP contribution >= 0.6 is 0 Å². The predicted molar refractivity (Wildman–Crippen MR) is 162 cm³/mol. The van der Waals surface area contributed by atoms with Crippen molar-refractivity contribution in [3.8, 4) is 11.5 Å². The number of aromatic nitrogens is 1. The summed E-state index contributed by atoms with van der Waals surface area (Å²) in [6, 6.07) is 14.0. The van der Waals surface area contributed by atoms with E-state index in [2.05, 4.69) is 9.71 Å². The van der Waals surface area contributed by atoms with Gasteiger partial charge >= 0.3 is 0 Å². The number of amides is 2. The van der Waals surface area contributed by atoms with E-state index in [1.54, 1.807) is 55.7 Å². The molecule has 0 aliphatic carbocycles. The monoisotopic (exact) mass is 610 g/mol. The van der Waals surface area contributed by atoms with Crippen molar-refractivity contribution < 1.29 is 32.2 Å². The van der Waals surface area contributed by atoms with Crippen molar-refractivity contribution in [3.63, 3.8) is 0 Å². The Morgan fingerprint density at radius 2 is 1.88 bits per heavy atom.